The van der Waals surface area contributed by atoms with Gasteiger partial charge in [0.05, 0.1) is 142 Å². The lowest BCUT2D eigenvalue weighted by molar-refractivity contribution is -0.374. The third-order valence-electron chi connectivity index (χ3n) is 20.3. The quantitative estimate of drug-likeness (QED) is 0.0222. The first-order valence-electron chi connectivity index (χ1n) is 36.0. The third-order valence-corrected chi connectivity index (χ3v) is 20.3. The zero-order valence-corrected chi connectivity index (χ0v) is 59.5. The molecule has 6 saturated heterocycles. The van der Waals surface area contributed by atoms with Crippen LogP contribution in [0.25, 0.3) is 0 Å². The van der Waals surface area contributed by atoms with E-state index in [1.807, 2.05) is 0 Å². The van der Waals surface area contributed by atoms with Crippen LogP contribution in [-0.4, -0.2) is 442 Å². The van der Waals surface area contributed by atoms with E-state index in [4.69, 9.17) is 71.1 Å². The number of nitrogens with zero attached hydrogens (tertiary/aromatic N) is 6. The minimum Gasteiger partial charge on any atom is -0.394 e. The Morgan fingerprint density at radius 1 is 0.385 bits per heavy atom. The second kappa shape index (κ2) is 40.7. The van der Waals surface area contributed by atoms with Crippen LogP contribution in [0.5, 0.6) is 0 Å². The van der Waals surface area contributed by atoms with E-state index < -0.39 is 260 Å². The number of hydrogen-bond acceptors (Lipinski definition) is 43. The van der Waals surface area contributed by atoms with Gasteiger partial charge in [0, 0.05) is 12.1 Å². The van der Waals surface area contributed by atoms with Crippen molar-refractivity contribution in [2.45, 2.75) is 274 Å². The van der Waals surface area contributed by atoms with Crippen molar-refractivity contribution in [1.29, 1.82) is 0 Å². The summed E-state index contributed by atoms with van der Waals surface area (Å²) in [6.07, 6.45) is -44.3. The molecular weight excluding hydrogens is 1470 g/mol. The van der Waals surface area contributed by atoms with Crippen LogP contribution in [0.15, 0.2) is 35.7 Å². The smallest absolute Gasteiger partial charge is 0.187 e. The van der Waals surface area contributed by atoms with E-state index in [0.717, 1.165) is 0 Å². The Morgan fingerprint density at radius 3 is 1.03 bits per heavy atom. The number of aliphatic hydroxyl groups excluding tert-OH is 22. The van der Waals surface area contributed by atoms with Crippen molar-refractivity contribution in [1.82, 2.24) is 40.6 Å². The van der Waals surface area contributed by atoms with Crippen LogP contribution >= 0.6 is 0 Å². The minimum absolute atomic E-state index is 0.0678. The van der Waals surface area contributed by atoms with Gasteiger partial charge in [-0.15, -0.1) is 10.2 Å². The van der Waals surface area contributed by atoms with E-state index in [2.05, 4.69) is 31.3 Å². The minimum atomic E-state index is -1.95. The van der Waals surface area contributed by atoms with Crippen LogP contribution in [0.3, 0.4) is 0 Å². The van der Waals surface area contributed by atoms with Crippen molar-refractivity contribution in [3.8, 4) is 0 Å². The number of aromatic nitrogens is 6. The maximum absolute atomic E-state index is 11.3. The molecule has 0 bridgehead atoms. The van der Waals surface area contributed by atoms with Crippen LogP contribution in [0.4, 0.5) is 0 Å². The van der Waals surface area contributed by atoms with Crippen molar-refractivity contribution in [3.63, 3.8) is 0 Å². The predicted molar refractivity (Wildman–Crippen MR) is 350 cm³/mol. The summed E-state index contributed by atoms with van der Waals surface area (Å²) < 4.78 is 89.4. The van der Waals surface area contributed by atoms with E-state index in [-0.39, 0.29) is 101 Å². The highest BCUT2D eigenvalue weighted by Gasteiger charge is 2.56. The summed E-state index contributed by atoms with van der Waals surface area (Å²) in [5.41, 5.74) is 0.732. The van der Waals surface area contributed by atoms with E-state index >= 15 is 0 Å². The lowest BCUT2D eigenvalue weighted by atomic mass is 9.87. The summed E-state index contributed by atoms with van der Waals surface area (Å²) in [4.78, 5) is 0. The molecule has 11 unspecified atom stereocenters. The number of rotatable bonds is 36. The maximum atomic E-state index is 11.3. The van der Waals surface area contributed by atoms with E-state index in [9.17, 15) is 112 Å². The molecule has 24 N–H and O–H groups in total. The monoisotopic (exact) mass is 1580 g/mol. The van der Waals surface area contributed by atoms with Gasteiger partial charge in [-0.2, -0.15) is 0 Å². The van der Waals surface area contributed by atoms with Gasteiger partial charge in [-0.05, 0) is 37.8 Å². The second-order valence-corrected chi connectivity index (χ2v) is 27.9. The Bertz CT molecular complexity index is 2900. The molecule has 2 aromatic rings. The van der Waals surface area contributed by atoms with Crippen molar-refractivity contribution in [2.75, 3.05) is 79.3 Å². The van der Waals surface area contributed by atoms with Crippen molar-refractivity contribution < 1.29 is 183 Å². The first-order valence-corrected chi connectivity index (χ1v) is 36.0. The highest BCUT2D eigenvalue weighted by molar-refractivity contribution is 5.23. The van der Waals surface area contributed by atoms with E-state index in [1.54, 1.807) is 13.8 Å². The van der Waals surface area contributed by atoms with Gasteiger partial charge >= 0.3 is 0 Å². The van der Waals surface area contributed by atoms with Gasteiger partial charge in [-0.25, -0.2) is 9.36 Å². The zero-order valence-electron chi connectivity index (χ0n) is 59.5. The fraction of sp³-hybridized carbons (Fsp3) is 0.875. The van der Waals surface area contributed by atoms with Crippen LogP contribution in [-0.2, 0) is 97.4 Å². The number of ether oxygens (including phenoxy) is 15. The summed E-state index contributed by atoms with van der Waals surface area (Å²) in [6.45, 7) is 0.107. The maximum Gasteiger partial charge on any atom is 0.187 e. The fourth-order valence-electron chi connectivity index (χ4n) is 14.0. The zero-order chi connectivity index (χ0) is 78.7. The number of aliphatic hydroxyl groups is 22. The molecule has 10 rings (SSSR count). The highest BCUT2D eigenvalue weighted by atomic mass is 16.8. The van der Waals surface area contributed by atoms with Gasteiger partial charge < -0.3 is 194 Å². The molecule has 624 valence electrons. The molecule has 0 amide bonds. The lowest BCUT2D eigenvalue weighted by Crippen LogP contribution is -2.66. The standard InChI is InChI=1S/C64H106N8O37/c1-25-31(65-33-11-27(17-73)41(81)45(85)43(33)83)13-35(79)59(100-25)106-55-39(21-77)104-63(53(93)49(55)89)108-57-37(19-75)102-61(51(91)47(57)87)98-23-29-15-71(69-67-29)3-5-95-7-9-97-10-8-96-6-4-72-16-30(68-70-72)24-99-62-52(92)48(88)58(38(20-76)103-62)109-64-54(94)50(90)56(40(22-78)105-64)107-60-36(80)14-32(26(2)101-60)66-34-12-28(18-74)42(82)46(86)44(34)84/h11-12,15-16,25-26,31-66,73-94H,3-10,13-14,17-24H2,1-2H3/t25?,26?,31-,32+,33-,34+,35-,36?,37?,38?,39?,40?,41+,42-,43-,44-,45-,46+,47?,48-,49?,50-,51-,52?,53-,54?,55+,56-,57+,58-,59+,60-,61+,62-,63+,64-/m1/s1. The van der Waals surface area contributed by atoms with E-state index in [0.29, 0.717) is 0 Å². The van der Waals surface area contributed by atoms with Gasteiger partial charge in [-0.1, -0.05) is 22.6 Å². The molecule has 0 spiro atoms. The summed E-state index contributed by atoms with van der Waals surface area (Å²) in [7, 11) is 0. The molecule has 6 fully saturated rings. The van der Waals surface area contributed by atoms with Crippen LogP contribution < -0.4 is 10.6 Å². The first-order chi connectivity index (χ1) is 52.2. The average molecular weight is 1580 g/mol. The van der Waals surface area contributed by atoms with Gasteiger partial charge in [0.1, 0.15) is 158 Å². The Balaban J connectivity index is 0.565. The normalized spacial score (nSPS) is 43.1. The molecule has 0 radical (unpaired) electrons. The Morgan fingerprint density at radius 2 is 0.697 bits per heavy atom. The first kappa shape index (κ1) is 87.6. The van der Waals surface area contributed by atoms with Gasteiger partial charge in [0.15, 0.2) is 37.7 Å². The molecule has 45 heteroatoms. The molecular formula is C64H106N8O37. The lowest BCUT2D eigenvalue weighted by Gasteiger charge is -2.48. The SMILES string of the molecule is CC1O[C@H](O[C@@H]2C(CO)O[C@H](O[C@@H]3C(CO)O[C@@H](OCc4cn(CCOCCOCCOCCn5cc(CO[C@H]6OC(CO)[C@H](O[C@@H]7OC(CO)[C@H](O[C@@H]8OC(C)[C@H](N[C@@H]9C=C(CO)[C@H](O)[C@@H](O)[C@@H]9O)C[C@H]8O)C(O)[C@H]7O)C(O)[C@H]6O)nn5)nn4)C(O)[C@H]3O)C(O)[C@H]2O)C(O)C[C@@H]1N[C@H]1C=C(CO)[C@@H](O)[C@H](O)[C@@H]1O. The predicted octanol–water partition coefficient (Wildman–Crippen LogP) is -14.4. The molecule has 36 atom stereocenters. The highest BCUT2D eigenvalue weighted by Crippen LogP contribution is 2.37. The molecule has 8 aliphatic rings. The largest absolute Gasteiger partial charge is 0.394 e. The van der Waals surface area contributed by atoms with Crippen LogP contribution in [0.2, 0.25) is 0 Å². The van der Waals surface area contributed by atoms with Gasteiger partial charge in [0.2, 0.25) is 0 Å². The second-order valence-electron chi connectivity index (χ2n) is 27.9. The van der Waals surface area contributed by atoms with Crippen LogP contribution in [0, 0.1) is 0 Å². The van der Waals surface area contributed by atoms with Crippen molar-refractivity contribution in [2.24, 2.45) is 0 Å². The Labute approximate surface area is 622 Å². The van der Waals surface area contributed by atoms with Gasteiger partial charge in [0.25, 0.3) is 0 Å². The van der Waals surface area contributed by atoms with Crippen LogP contribution in [0.1, 0.15) is 38.1 Å². The summed E-state index contributed by atoms with van der Waals surface area (Å²) in [5.74, 6) is 0. The third kappa shape index (κ3) is 21.3. The Kier molecular flexibility index (Phi) is 32.7. The average Bonchev–Trinajstić information content (AvgIpc) is 1.64. The molecule has 8 heterocycles. The summed E-state index contributed by atoms with van der Waals surface area (Å²) >= 11 is 0. The molecule has 109 heavy (non-hydrogen) atoms. The molecule has 0 saturated carbocycles. The van der Waals surface area contributed by atoms with Gasteiger partial charge in [-0.3, -0.25) is 0 Å². The number of nitrogens with one attached hydrogen (secondary N) is 2. The van der Waals surface area contributed by atoms with E-state index in [1.165, 1.54) is 33.9 Å². The molecule has 0 aromatic carbocycles. The summed E-state index contributed by atoms with van der Waals surface area (Å²) in [5, 5.41) is 256. The van der Waals surface area contributed by atoms with Crippen molar-refractivity contribution >= 4 is 0 Å². The molecule has 2 aromatic heterocycles. The molecule has 6 aliphatic heterocycles. The molecule has 45 nitrogen and oxygen atoms in total. The Hall–Kier alpha value is -3.80. The number of hydrogen-bond donors (Lipinski definition) is 24. The summed E-state index contributed by atoms with van der Waals surface area (Å²) in [6, 6.07) is -3.24. The fourth-order valence-corrected chi connectivity index (χ4v) is 14.0. The van der Waals surface area contributed by atoms with Crippen molar-refractivity contribution in [3.05, 3.63) is 47.1 Å². The molecule has 2 aliphatic carbocycles. The topological polar surface area (TPSA) is 669 Å².